The van der Waals surface area contributed by atoms with E-state index in [-0.39, 0.29) is 5.69 Å². The van der Waals surface area contributed by atoms with Crippen molar-refractivity contribution in [1.29, 1.82) is 0 Å². The zero-order valence-corrected chi connectivity index (χ0v) is 16.4. The summed E-state index contributed by atoms with van der Waals surface area (Å²) in [6.07, 6.45) is 1.75. The number of nitro benzene ring substituents is 1. The molecular formula is C22H16FN3O3S. The average molecular weight is 421 g/mol. The van der Waals surface area contributed by atoms with E-state index >= 15 is 0 Å². The number of hydrogen-bond donors (Lipinski definition) is 2. The van der Waals surface area contributed by atoms with E-state index in [2.05, 4.69) is 10.3 Å². The lowest BCUT2D eigenvalue weighted by Gasteiger charge is -2.12. The summed E-state index contributed by atoms with van der Waals surface area (Å²) >= 11 is 1.58. The molecule has 8 heteroatoms. The Bertz CT molecular complexity index is 1250. The van der Waals surface area contributed by atoms with Gasteiger partial charge in [-0.15, -0.1) is 0 Å². The molecule has 0 radical (unpaired) electrons. The Morgan fingerprint density at radius 1 is 1.10 bits per heavy atom. The summed E-state index contributed by atoms with van der Waals surface area (Å²) in [4.78, 5) is 16.6. The minimum absolute atomic E-state index is 0.215. The van der Waals surface area contributed by atoms with Gasteiger partial charge in [0.25, 0.3) is 0 Å². The van der Waals surface area contributed by atoms with E-state index in [1.165, 1.54) is 0 Å². The molecule has 0 fully saturated rings. The molecule has 1 heterocycles. The first-order valence-electron chi connectivity index (χ1n) is 9.02. The van der Waals surface area contributed by atoms with Gasteiger partial charge in [-0.25, -0.2) is 4.39 Å². The Hall–Kier alpha value is -3.65. The lowest BCUT2D eigenvalue weighted by atomic mass is 10.2. The first-order chi connectivity index (χ1) is 14.5. The lowest BCUT2D eigenvalue weighted by Crippen LogP contribution is -2.02. The second-order valence-electron chi connectivity index (χ2n) is 6.50. The van der Waals surface area contributed by atoms with Crippen LogP contribution in [-0.4, -0.2) is 15.0 Å². The third-order valence-electron chi connectivity index (χ3n) is 4.50. The normalized spacial score (nSPS) is 10.8. The van der Waals surface area contributed by atoms with E-state index < -0.39 is 22.2 Å². The van der Waals surface area contributed by atoms with Crippen molar-refractivity contribution >= 4 is 34.0 Å². The Morgan fingerprint density at radius 3 is 2.77 bits per heavy atom. The van der Waals surface area contributed by atoms with Gasteiger partial charge in [-0.2, -0.15) is 0 Å². The van der Waals surface area contributed by atoms with Crippen molar-refractivity contribution in [3.05, 3.63) is 94.4 Å². The number of pyridine rings is 1. The van der Waals surface area contributed by atoms with E-state index in [9.17, 15) is 19.6 Å². The molecule has 0 atom stereocenters. The number of nitro groups is 1. The topological polar surface area (TPSA) is 88.3 Å². The van der Waals surface area contributed by atoms with Gasteiger partial charge in [-0.3, -0.25) is 15.1 Å². The number of rotatable bonds is 6. The van der Waals surface area contributed by atoms with Crippen LogP contribution in [-0.2, 0) is 6.54 Å². The maximum Gasteiger partial charge on any atom is 0.315 e. The summed E-state index contributed by atoms with van der Waals surface area (Å²) < 4.78 is 13.8. The highest BCUT2D eigenvalue weighted by atomic mass is 32.2. The highest BCUT2D eigenvalue weighted by Crippen LogP contribution is 2.34. The second-order valence-corrected chi connectivity index (χ2v) is 7.62. The third-order valence-corrected chi connectivity index (χ3v) is 5.61. The molecule has 3 aromatic carbocycles. The highest BCUT2D eigenvalue weighted by molar-refractivity contribution is 7.99. The monoisotopic (exact) mass is 421 g/mol. The smallest absolute Gasteiger partial charge is 0.315 e. The largest absolute Gasteiger partial charge is 0.500 e. The SMILES string of the molecule is O=[N+]([O-])c1cc(NCc2ccccc2Sc2ccc3cccnc3c2)cc(F)c1O. The number of nitrogens with zero attached hydrogens (tertiary/aromatic N) is 2. The van der Waals surface area contributed by atoms with E-state index in [1.807, 2.05) is 54.6 Å². The molecule has 0 saturated heterocycles. The number of benzene rings is 3. The molecule has 0 unspecified atom stereocenters. The molecule has 4 rings (SSSR count). The number of nitrogens with one attached hydrogen (secondary N) is 1. The molecule has 0 aliphatic rings. The maximum atomic E-state index is 13.8. The summed E-state index contributed by atoms with van der Waals surface area (Å²) in [5.41, 5.74) is 1.39. The van der Waals surface area contributed by atoms with Crippen LogP contribution < -0.4 is 5.32 Å². The van der Waals surface area contributed by atoms with Crippen LogP contribution in [0.4, 0.5) is 15.8 Å². The molecule has 0 saturated carbocycles. The zero-order valence-electron chi connectivity index (χ0n) is 15.6. The van der Waals surface area contributed by atoms with E-state index in [0.29, 0.717) is 6.54 Å². The van der Waals surface area contributed by atoms with Crippen molar-refractivity contribution < 1.29 is 14.4 Å². The predicted octanol–water partition coefficient (Wildman–Crippen LogP) is 5.75. The first kappa shape index (κ1) is 19.7. The van der Waals surface area contributed by atoms with Crippen molar-refractivity contribution in [2.75, 3.05) is 5.32 Å². The average Bonchev–Trinajstić information content (AvgIpc) is 2.75. The van der Waals surface area contributed by atoms with Crippen LogP contribution in [0.2, 0.25) is 0 Å². The summed E-state index contributed by atoms with van der Waals surface area (Å²) in [5, 5.41) is 24.6. The van der Waals surface area contributed by atoms with Gasteiger partial charge in [-0.1, -0.05) is 42.1 Å². The fourth-order valence-electron chi connectivity index (χ4n) is 3.01. The molecule has 1 aromatic heterocycles. The van der Waals surface area contributed by atoms with Gasteiger partial charge >= 0.3 is 5.69 Å². The molecule has 0 bridgehead atoms. The predicted molar refractivity (Wildman–Crippen MR) is 114 cm³/mol. The first-order valence-corrected chi connectivity index (χ1v) is 9.84. The quantitative estimate of drug-likeness (QED) is 0.234. The number of fused-ring (bicyclic) bond motifs is 1. The fourth-order valence-corrected chi connectivity index (χ4v) is 3.99. The Kier molecular flexibility index (Phi) is 5.49. The molecular weight excluding hydrogens is 405 g/mol. The Labute approximate surface area is 175 Å². The molecule has 0 aliphatic carbocycles. The maximum absolute atomic E-state index is 13.8. The van der Waals surface area contributed by atoms with E-state index in [1.54, 1.807) is 18.0 Å². The van der Waals surface area contributed by atoms with E-state index in [4.69, 9.17) is 0 Å². The van der Waals surface area contributed by atoms with Crippen LogP contribution in [0.25, 0.3) is 10.9 Å². The summed E-state index contributed by atoms with van der Waals surface area (Å²) in [6.45, 7) is 0.330. The Balaban J connectivity index is 1.56. The van der Waals surface area contributed by atoms with Gasteiger partial charge in [0, 0.05) is 45.7 Å². The van der Waals surface area contributed by atoms with Crippen LogP contribution in [0.1, 0.15) is 5.56 Å². The molecule has 4 aromatic rings. The number of halogens is 1. The second kappa shape index (κ2) is 8.38. The number of aromatic nitrogens is 1. The summed E-state index contributed by atoms with van der Waals surface area (Å²) in [6, 6.07) is 19.8. The van der Waals surface area contributed by atoms with Crippen LogP contribution in [0.5, 0.6) is 5.75 Å². The van der Waals surface area contributed by atoms with Crippen LogP contribution in [0.15, 0.2) is 82.7 Å². The molecule has 2 N–H and O–H groups in total. The highest BCUT2D eigenvalue weighted by Gasteiger charge is 2.19. The Morgan fingerprint density at radius 2 is 1.93 bits per heavy atom. The molecule has 0 aliphatic heterocycles. The van der Waals surface area contributed by atoms with Gasteiger partial charge in [0.1, 0.15) is 0 Å². The van der Waals surface area contributed by atoms with Gasteiger partial charge in [0.2, 0.25) is 5.75 Å². The summed E-state index contributed by atoms with van der Waals surface area (Å²) in [5.74, 6) is -2.01. The lowest BCUT2D eigenvalue weighted by molar-refractivity contribution is -0.386. The number of phenols is 1. The van der Waals surface area contributed by atoms with Crippen molar-refractivity contribution in [2.24, 2.45) is 0 Å². The van der Waals surface area contributed by atoms with Gasteiger partial charge in [0.15, 0.2) is 5.82 Å². The van der Waals surface area contributed by atoms with Crippen LogP contribution in [0.3, 0.4) is 0 Å². The molecule has 150 valence electrons. The third kappa shape index (κ3) is 4.18. The number of phenolic OH excluding ortho intramolecular Hbond substituents is 1. The van der Waals surface area contributed by atoms with Gasteiger partial charge in [-0.05, 0) is 29.8 Å². The molecule has 0 spiro atoms. The van der Waals surface area contributed by atoms with Crippen molar-refractivity contribution in [1.82, 2.24) is 4.98 Å². The standard InChI is InChI=1S/C22H16FN3O3S/c23-18-10-16(11-20(22(18)27)26(28)29)25-13-15-4-1-2-6-21(15)30-17-8-7-14-5-3-9-24-19(14)12-17/h1-12,25,27H,13H2. The van der Waals surface area contributed by atoms with Gasteiger partial charge < -0.3 is 10.4 Å². The minimum Gasteiger partial charge on any atom is -0.500 e. The fraction of sp³-hybridized carbons (Fsp3) is 0.0455. The number of aromatic hydroxyl groups is 1. The molecule has 0 amide bonds. The summed E-state index contributed by atoms with van der Waals surface area (Å²) in [7, 11) is 0. The van der Waals surface area contributed by atoms with Crippen molar-refractivity contribution in [3.63, 3.8) is 0 Å². The van der Waals surface area contributed by atoms with Crippen molar-refractivity contribution in [3.8, 4) is 5.75 Å². The van der Waals surface area contributed by atoms with Crippen LogP contribution >= 0.6 is 11.8 Å². The number of hydrogen-bond acceptors (Lipinski definition) is 6. The zero-order chi connectivity index (χ0) is 21.1. The molecule has 30 heavy (non-hydrogen) atoms. The van der Waals surface area contributed by atoms with Gasteiger partial charge in [0.05, 0.1) is 10.4 Å². The molecule has 6 nitrogen and oxygen atoms in total. The van der Waals surface area contributed by atoms with Crippen LogP contribution in [0, 0.1) is 15.9 Å². The van der Waals surface area contributed by atoms with Crippen molar-refractivity contribution in [2.45, 2.75) is 16.3 Å². The van der Waals surface area contributed by atoms with E-state index in [0.717, 1.165) is 38.4 Å². The number of anilines is 1. The minimum atomic E-state index is -1.04.